The number of hydrogen-bond acceptors (Lipinski definition) is 0. The standard InChI is InChI=1S/C17H18BrF/c1-12(2)13-7-9-14(10-8-13)16(18)11-15-5-3-4-6-17(15)19/h3-10,12,16H,11H2,1-2H3. The van der Waals surface area contributed by atoms with Crippen LogP contribution in [0.3, 0.4) is 0 Å². The number of hydrogen-bond donors (Lipinski definition) is 0. The van der Waals surface area contributed by atoms with Crippen molar-refractivity contribution in [2.45, 2.75) is 31.0 Å². The normalized spacial score (nSPS) is 12.7. The molecular weight excluding hydrogens is 303 g/mol. The highest BCUT2D eigenvalue weighted by Crippen LogP contribution is 2.29. The second-order valence-corrected chi connectivity index (χ2v) is 6.19. The van der Waals surface area contributed by atoms with Crippen LogP contribution >= 0.6 is 15.9 Å². The van der Waals surface area contributed by atoms with Gasteiger partial charge in [0.1, 0.15) is 5.82 Å². The first-order chi connectivity index (χ1) is 9.08. The van der Waals surface area contributed by atoms with Gasteiger partial charge in [-0.2, -0.15) is 0 Å². The summed E-state index contributed by atoms with van der Waals surface area (Å²) in [6.45, 7) is 4.36. The molecule has 2 aromatic carbocycles. The van der Waals surface area contributed by atoms with Crippen LogP contribution in [0.5, 0.6) is 0 Å². The minimum atomic E-state index is -0.134. The zero-order chi connectivity index (χ0) is 13.8. The number of alkyl halides is 1. The minimum Gasteiger partial charge on any atom is -0.207 e. The van der Waals surface area contributed by atoms with Gasteiger partial charge >= 0.3 is 0 Å². The summed E-state index contributed by atoms with van der Waals surface area (Å²) < 4.78 is 13.6. The van der Waals surface area contributed by atoms with E-state index in [4.69, 9.17) is 0 Å². The molecule has 0 aromatic heterocycles. The quantitative estimate of drug-likeness (QED) is 0.640. The van der Waals surface area contributed by atoms with Gasteiger partial charge in [0.25, 0.3) is 0 Å². The van der Waals surface area contributed by atoms with Gasteiger partial charge in [0.15, 0.2) is 0 Å². The predicted molar refractivity (Wildman–Crippen MR) is 82.3 cm³/mol. The van der Waals surface area contributed by atoms with Crippen molar-refractivity contribution in [2.24, 2.45) is 0 Å². The third-order valence-corrected chi connectivity index (χ3v) is 4.17. The molecule has 0 heterocycles. The molecule has 100 valence electrons. The van der Waals surface area contributed by atoms with Crippen LogP contribution in [0, 0.1) is 5.82 Å². The molecule has 0 radical (unpaired) electrons. The molecule has 2 aromatic rings. The van der Waals surface area contributed by atoms with Crippen molar-refractivity contribution in [3.8, 4) is 0 Å². The van der Waals surface area contributed by atoms with Crippen LogP contribution in [0.1, 0.15) is 41.3 Å². The smallest absolute Gasteiger partial charge is 0.126 e. The lowest BCUT2D eigenvalue weighted by Crippen LogP contribution is -1.98. The van der Waals surface area contributed by atoms with Gasteiger partial charge in [-0.25, -0.2) is 4.39 Å². The van der Waals surface area contributed by atoms with Crippen LogP contribution in [0.15, 0.2) is 48.5 Å². The summed E-state index contributed by atoms with van der Waals surface area (Å²) >= 11 is 3.65. The van der Waals surface area contributed by atoms with Crippen molar-refractivity contribution >= 4 is 15.9 Å². The summed E-state index contributed by atoms with van der Waals surface area (Å²) in [6.07, 6.45) is 0.660. The van der Waals surface area contributed by atoms with Crippen LogP contribution in [0.2, 0.25) is 0 Å². The summed E-state index contributed by atoms with van der Waals surface area (Å²) in [6, 6.07) is 15.5. The molecule has 1 atom stereocenters. The van der Waals surface area contributed by atoms with Gasteiger partial charge in [-0.05, 0) is 35.1 Å². The summed E-state index contributed by atoms with van der Waals surface area (Å²) in [5, 5.41) is 0. The molecular formula is C17H18BrF. The first-order valence-corrected chi connectivity index (χ1v) is 7.47. The Balaban J connectivity index is 2.12. The Morgan fingerprint density at radius 1 is 0.947 bits per heavy atom. The molecule has 0 bridgehead atoms. The van der Waals surface area contributed by atoms with E-state index in [1.54, 1.807) is 6.07 Å². The maximum absolute atomic E-state index is 13.6. The highest BCUT2D eigenvalue weighted by Gasteiger charge is 2.11. The third-order valence-electron chi connectivity index (χ3n) is 3.32. The van der Waals surface area contributed by atoms with Crippen molar-refractivity contribution in [2.75, 3.05) is 0 Å². The van der Waals surface area contributed by atoms with E-state index in [0.29, 0.717) is 12.3 Å². The second kappa shape index (κ2) is 6.33. The summed E-state index contributed by atoms with van der Waals surface area (Å²) in [4.78, 5) is 0.144. The van der Waals surface area contributed by atoms with E-state index < -0.39 is 0 Å². The molecule has 19 heavy (non-hydrogen) atoms. The van der Waals surface area contributed by atoms with Gasteiger partial charge in [0, 0.05) is 4.83 Å². The Hall–Kier alpha value is -1.15. The van der Waals surface area contributed by atoms with Crippen LogP contribution in [-0.4, -0.2) is 0 Å². The van der Waals surface area contributed by atoms with Gasteiger partial charge in [-0.15, -0.1) is 0 Å². The van der Waals surface area contributed by atoms with Gasteiger partial charge in [0.2, 0.25) is 0 Å². The van der Waals surface area contributed by atoms with E-state index in [1.165, 1.54) is 17.2 Å². The highest BCUT2D eigenvalue weighted by molar-refractivity contribution is 9.09. The van der Waals surface area contributed by atoms with E-state index in [2.05, 4.69) is 54.0 Å². The zero-order valence-corrected chi connectivity index (χ0v) is 12.8. The molecule has 0 aliphatic carbocycles. The van der Waals surface area contributed by atoms with Crippen molar-refractivity contribution in [3.63, 3.8) is 0 Å². The molecule has 0 aliphatic rings. The molecule has 0 saturated heterocycles. The molecule has 2 rings (SSSR count). The van der Waals surface area contributed by atoms with Gasteiger partial charge in [0.05, 0.1) is 0 Å². The van der Waals surface area contributed by atoms with Crippen LogP contribution in [0.4, 0.5) is 4.39 Å². The Morgan fingerprint density at radius 3 is 2.11 bits per heavy atom. The lowest BCUT2D eigenvalue weighted by Gasteiger charge is -2.13. The molecule has 2 heteroatoms. The minimum absolute atomic E-state index is 0.134. The van der Waals surface area contributed by atoms with Crippen molar-refractivity contribution < 1.29 is 4.39 Å². The molecule has 0 N–H and O–H groups in total. The summed E-state index contributed by atoms with van der Waals surface area (Å²) in [5.74, 6) is 0.403. The molecule has 0 saturated carbocycles. The molecule has 0 aliphatic heterocycles. The first kappa shape index (κ1) is 14.3. The van der Waals surface area contributed by atoms with E-state index in [9.17, 15) is 4.39 Å². The van der Waals surface area contributed by atoms with Gasteiger partial charge in [-0.3, -0.25) is 0 Å². The van der Waals surface area contributed by atoms with E-state index >= 15 is 0 Å². The topological polar surface area (TPSA) is 0 Å². The van der Waals surface area contributed by atoms with Crippen LogP contribution in [0.25, 0.3) is 0 Å². The zero-order valence-electron chi connectivity index (χ0n) is 11.2. The predicted octanol–water partition coefficient (Wildman–Crippen LogP) is 5.63. The average Bonchev–Trinajstić information content (AvgIpc) is 2.41. The molecule has 0 fully saturated rings. The van der Waals surface area contributed by atoms with Gasteiger partial charge < -0.3 is 0 Å². The largest absolute Gasteiger partial charge is 0.207 e. The van der Waals surface area contributed by atoms with Crippen molar-refractivity contribution in [1.82, 2.24) is 0 Å². The monoisotopic (exact) mass is 320 g/mol. The maximum Gasteiger partial charge on any atom is 0.126 e. The van der Waals surface area contributed by atoms with Crippen LogP contribution < -0.4 is 0 Å². The third kappa shape index (κ3) is 3.66. The van der Waals surface area contributed by atoms with E-state index in [-0.39, 0.29) is 10.6 Å². The Bertz CT molecular complexity index is 531. The van der Waals surface area contributed by atoms with Crippen LogP contribution in [-0.2, 0) is 6.42 Å². The van der Waals surface area contributed by atoms with Crippen molar-refractivity contribution in [3.05, 3.63) is 71.0 Å². The summed E-state index contributed by atoms with van der Waals surface area (Å²) in [7, 11) is 0. The maximum atomic E-state index is 13.6. The molecule has 0 nitrogen and oxygen atoms in total. The number of benzene rings is 2. The van der Waals surface area contributed by atoms with E-state index in [0.717, 1.165) is 5.56 Å². The molecule has 1 unspecified atom stereocenters. The fourth-order valence-corrected chi connectivity index (χ4v) is 2.72. The fraction of sp³-hybridized carbons (Fsp3) is 0.294. The number of halogens is 2. The average molecular weight is 321 g/mol. The molecule has 0 amide bonds. The lowest BCUT2D eigenvalue weighted by atomic mass is 9.99. The number of rotatable bonds is 4. The Kier molecular flexibility index (Phi) is 4.76. The first-order valence-electron chi connectivity index (χ1n) is 6.55. The molecule has 0 spiro atoms. The van der Waals surface area contributed by atoms with Crippen molar-refractivity contribution in [1.29, 1.82) is 0 Å². The second-order valence-electron chi connectivity index (χ2n) is 5.08. The fourth-order valence-electron chi connectivity index (χ4n) is 2.06. The highest BCUT2D eigenvalue weighted by atomic mass is 79.9. The Morgan fingerprint density at radius 2 is 1.53 bits per heavy atom. The SMILES string of the molecule is CC(C)c1ccc(C(Br)Cc2ccccc2F)cc1. The van der Waals surface area contributed by atoms with E-state index in [1.807, 2.05) is 12.1 Å². The Labute approximate surface area is 122 Å². The van der Waals surface area contributed by atoms with Gasteiger partial charge in [-0.1, -0.05) is 72.2 Å². The summed E-state index contributed by atoms with van der Waals surface area (Å²) in [5.41, 5.74) is 3.26. The lowest BCUT2D eigenvalue weighted by molar-refractivity contribution is 0.608.